The first-order valence-corrected chi connectivity index (χ1v) is 10.1. The molecule has 3 heterocycles. The summed E-state index contributed by atoms with van der Waals surface area (Å²) >= 11 is 0. The molecule has 0 spiro atoms. The van der Waals surface area contributed by atoms with Crippen LogP contribution in [0.4, 0.5) is 17.6 Å². The highest BCUT2D eigenvalue weighted by atomic mass is 15.3. The van der Waals surface area contributed by atoms with Crippen molar-refractivity contribution in [2.24, 2.45) is 0 Å². The predicted molar refractivity (Wildman–Crippen MR) is 109 cm³/mol. The summed E-state index contributed by atoms with van der Waals surface area (Å²) in [5, 5.41) is 0. The molecule has 0 amide bonds. The quantitative estimate of drug-likeness (QED) is 0.864. The lowest BCUT2D eigenvalue weighted by Crippen LogP contribution is -2.47. The molecule has 2 aromatic rings. The molecule has 2 aliphatic heterocycles. The van der Waals surface area contributed by atoms with Gasteiger partial charge in [-0.1, -0.05) is 18.2 Å². The Morgan fingerprint density at radius 3 is 2.26 bits per heavy atom. The Morgan fingerprint density at radius 2 is 1.52 bits per heavy atom. The average Bonchev–Trinajstić information content (AvgIpc) is 2.73. The molecular formula is C20H29N7. The first-order chi connectivity index (χ1) is 13.3. The van der Waals surface area contributed by atoms with Gasteiger partial charge in [-0.05, 0) is 31.4 Å². The summed E-state index contributed by atoms with van der Waals surface area (Å²) in [4.78, 5) is 20.6. The SMILES string of the molecule is Nc1nc(CCN2CCN(c3ccccc3)CC2)nc(N2CCCCC2)n1. The van der Waals surface area contributed by atoms with Gasteiger partial charge >= 0.3 is 0 Å². The first kappa shape index (κ1) is 18.0. The first-order valence-electron chi connectivity index (χ1n) is 10.1. The molecule has 27 heavy (non-hydrogen) atoms. The number of benzene rings is 1. The molecule has 1 aromatic carbocycles. The number of rotatable bonds is 5. The summed E-state index contributed by atoms with van der Waals surface area (Å²) in [5.41, 5.74) is 7.26. The number of hydrogen-bond donors (Lipinski definition) is 1. The van der Waals surface area contributed by atoms with E-state index in [2.05, 4.69) is 55.0 Å². The maximum Gasteiger partial charge on any atom is 0.230 e. The van der Waals surface area contributed by atoms with Crippen molar-refractivity contribution in [3.8, 4) is 0 Å². The molecule has 7 heteroatoms. The van der Waals surface area contributed by atoms with E-state index in [4.69, 9.17) is 10.7 Å². The predicted octanol–water partition coefficient (Wildman–Crippen LogP) is 1.81. The zero-order valence-electron chi connectivity index (χ0n) is 15.9. The van der Waals surface area contributed by atoms with Crippen LogP contribution in [0, 0.1) is 0 Å². The maximum absolute atomic E-state index is 5.95. The number of aromatic nitrogens is 3. The standard InChI is InChI=1S/C20H29N7/c21-19-22-18(23-20(24-19)27-10-5-2-6-11-27)9-12-25-13-15-26(16-14-25)17-7-3-1-4-8-17/h1,3-4,7-8H,2,5-6,9-16H2,(H2,21,22,23,24). The van der Waals surface area contributed by atoms with Gasteiger partial charge < -0.3 is 15.5 Å². The molecular weight excluding hydrogens is 338 g/mol. The van der Waals surface area contributed by atoms with Crippen LogP contribution in [-0.2, 0) is 6.42 Å². The summed E-state index contributed by atoms with van der Waals surface area (Å²) in [5.74, 6) is 1.91. The second-order valence-corrected chi connectivity index (χ2v) is 7.37. The van der Waals surface area contributed by atoms with Crippen molar-refractivity contribution < 1.29 is 0 Å². The highest BCUT2D eigenvalue weighted by Crippen LogP contribution is 2.17. The van der Waals surface area contributed by atoms with E-state index in [-0.39, 0.29) is 0 Å². The summed E-state index contributed by atoms with van der Waals surface area (Å²) < 4.78 is 0. The van der Waals surface area contributed by atoms with E-state index in [0.717, 1.165) is 64.0 Å². The summed E-state index contributed by atoms with van der Waals surface area (Å²) in [6, 6.07) is 10.6. The van der Waals surface area contributed by atoms with Crippen LogP contribution >= 0.6 is 0 Å². The van der Waals surface area contributed by atoms with Gasteiger partial charge in [-0.2, -0.15) is 15.0 Å². The average molecular weight is 368 g/mol. The lowest BCUT2D eigenvalue weighted by Gasteiger charge is -2.36. The van der Waals surface area contributed by atoms with E-state index in [1.807, 2.05) is 0 Å². The Kier molecular flexibility index (Phi) is 5.67. The van der Waals surface area contributed by atoms with Crippen molar-refractivity contribution in [3.63, 3.8) is 0 Å². The third kappa shape index (κ3) is 4.66. The minimum Gasteiger partial charge on any atom is -0.369 e. The van der Waals surface area contributed by atoms with E-state index in [0.29, 0.717) is 5.95 Å². The summed E-state index contributed by atoms with van der Waals surface area (Å²) in [7, 11) is 0. The Labute approximate surface area is 161 Å². The van der Waals surface area contributed by atoms with Crippen molar-refractivity contribution >= 4 is 17.6 Å². The van der Waals surface area contributed by atoms with Crippen molar-refractivity contribution in [1.82, 2.24) is 19.9 Å². The minimum atomic E-state index is 0.342. The second kappa shape index (κ2) is 8.52. The zero-order valence-corrected chi connectivity index (χ0v) is 15.9. The third-order valence-corrected chi connectivity index (χ3v) is 5.47. The molecule has 144 valence electrons. The highest BCUT2D eigenvalue weighted by molar-refractivity contribution is 5.46. The van der Waals surface area contributed by atoms with Crippen LogP contribution < -0.4 is 15.5 Å². The number of para-hydroxylation sites is 1. The number of piperazine rings is 1. The molecule has 0 atom stereocenters. The molecule has 4 rings (SSSR count). The van der Waals surface area contributed by atoms with Gasteiger partial charge in [0.25, 0.3) is 0 Å². The number of nitrogens with zero attached hydrogens (tertiary/aromatic N) is 6. The van der Waals surface area contributed by atoms with Crippen molar-refractivity contribution in [2.45, 2.75) is 25.7 Å². The van der Waals surface area contributed by atoms with E-state index in [9.17, 15) is 0 Å². The molecule has 0 bridgehead atoms. The highest BCUT2D eigenvalue weighted by Gasteiger charge is 2.19. The van der Waals surface area contributed by atoms with Gasteiger partial charge in [0, 0.05) is 57.9 Å². The summed E-state index contributed by atoms with van der Waals surface area (Å²) in [6.07, 6.45) is 4.51. The van der Waals surface area contributed by atoms with Gasteiger partial charge in [0.2, 0.25) is 11.9 Å². The normalized spacial score (nSPS) is 18.7. The van der Waals surface area contributed by atoms with Crippen LogP contribution in [0.2, 0.25) is 0 Å². The van der Waals surface area contributed by atoms with E-state index in [1.54, 1.807) is 0 Å². The molecule has 0 radical (unpaired) electrons. The molecule has 7 nitrogen and oxygen atoms in total. The lowest BCUT2D eigenvalue weighted by atomic mass is 10.1. The number of anilines is 3. The molecule has 2 aliphatic rings. The minimum absolute atomic E-state index is 0.342. The number of piperidine rings is 1. The van der Waals surface area contributed by atoms with Crippen LogP contribution in [0.25, 0.3) is 0 Å². The zero-order chi connectivity index (χ0) is 18.5. The largest absolute Gasteiger partial charge is 0.369 e. The topological polar surface area (TPSA) is 74.4 Å². The fourth-order valence-corrected chi connectivity index (χ4v) is 3.90. The Hall–Kier alpha value is -2.41. The van der Waals surface area contributed by atoms with Gasteiger partial charge in [0.1, 0.15) is 5.82 Å². The molecule has 0 unspecified atom stereocenters. The maximum atomic E-state index is 5.95. The molecule has 2 saturated heterocycles. The summed E-state index contributed by atoms with van der Waals surface area (Å²) in [6.45, 7) is 7.24. The second-order valence-electron chi connectivity index (χ2n) is 7.37. The Bertz CT molecular complexity index is 722. The van der Waals surface area contributed by atoms with E-state index >= 15 is 0 Å². The Balaban J connectivity index is 1.31. The van der Waals surface area contributed by atoms with Gasteiger partial charge in [0.15, 0.2) is 0 Å². The fourth-order valence-electron chi connectivity index (χ4n) is 3.90. The Morgan fingerprint density at radius 1 is 0.778 bits per heavy atom. The molecule has 0 aliphatic carbocycles. The number of nitrogens with two attached hydrogens (primary N) is 1. The van der Waals surface area contributed by atoms with Crippen LogP contribution in [0.15, 0.2) is 30.3 Å². The molecule has 0 saturated carbocycles. The van der Waals surface area contributed by atoms with Gasteiger partial charge in [-0.15, -0.1) is 0 Å². The monoisotopic (exact) mass is 367 g/mol. The van der Waals surface area contributed by atoms with E-state index < -0.39 is 0 Å². The smallest absolute Gasteiger partial charge is 0.230 e. The van der Waals surface area contributed by atoms with Crippen LogP contribution in [0.3, 0.4) is 0 Å². The molecule has 1 aromatic heterocycles. The van der Waals surface area contributed by atoms with Crippen molar-refractivity contribution in [3.05, 3.63) is 36.2 Å². The van der Waals surface area contributed by atoms with Crippen molar-refractivity contribution in [1.29, 1.82) is 0 Å². The number of hydrogen-bond acceptors (Lipinski definition) is 7. The van der Waals surface area contributed by atoms with Gasteiger partial charge in [0.05, 0.1) is 0 Å². The van der Waals surface area contributed by atoms with Gasteiger partial charge in [-0.3, -0.25) is 4.90 Å². The fraction of sp³-hybridized carbons (Fsp3) is 0.550. The molecule has 2 N–H and O–H groups in total. The lowest BCUT2D eigenvalue weighted by molar-refractivity contribution is 0.259. The molecule has 2 fully saturated rings. The van der Waals surface area contributed by atoms with Crippen LogP contribution in [0.1, 0.15) is 25.1 Å². The van der Waals surface area contributed by atoms with Gasteiger partial charge in [-0.25, -0.2) is 0 Å². The van der Waals surface area contributed by atoms with Crippen LogP contribution in [-0.4, -0.2) is 65.7 Å². The third-order valence-electron chi connectivity index (χ3n) is 5.47. The van der Waals surface area contributed by atoms with E-state index in [1.165, 1.54) is 24.9 Å². The van der Waals surface area contributed by atoms with Crippen LogP contribution in [0.5, 0.6) is 0 Å². The number of nitrogen functional groups attached to an aromatic ring is 1. The van der Waals surface area contributed by atoms with Crippen molar-refractivity contribution in [2.75, 3.05) is 61.3 Å².